The van der Waals surface area contributed by atoms with Gasteiger partial charge in [-0.05, 0) is 31.0 Å². The van der Waals surface area contributed by atoms with Gasteiger partial charge in [0.25, 0.3) is 5.69 Å². The molecule has 0 saturated carbocycles. The number of imidazole rings is 1. The number of nitro benzene ring substituents is 1. The number of aryl methyl sites for hydroxylation is 2. The molecule has 1 heterocycles. The van der Waals surface area contributed by atoms with Gasteiger partial charge in [0.2, 0.25) is 5.82 Å². The zero-order valence-electron chi connectivity index (χ0n) is 11.0. The minimum absolute atomic E-state index is 0.0552. The summed E-state index contributed by atoms with van der Waals surface area (Å²) in [5.74, 6) is -0.584. The van der Waals surface area contributed by atoms with Gasteiger partial charge in [0.15, 0.2) is 0 Å². The van der Waals surface area contributed by atoms with Crippen LogP contribution in [0.2, 0.25) is 0 Å². The third-order valence-electron chi connectivity index (χ3n) is 2.94. The van der Waals surface area contributed by atoms with Crippen LogP contribution in [0.25, 0.3) is 0 Å². The number of carbonyl (C=O) groups excluding carboxylic acids is 1. The van der Waals surface area contributed by atoms with Crippen molar-refractivity contribution < 1.29 is 14.5 Å². The lowest BCUT2D eigenvalue weighted by atomic mass is 10.0. The van der Waals surface area contributed by atoms with E-state index >= 15 is 0 Å². The lowest BCUT2D eigenvalue weighted by molar-refractivity contribution is -0.385. The Morgan fingerprint density at radius 3 is 2.70 bits per heavy atom. The van der Waals surface area contributed by atoms with Crippen LogP contribution >= 0.6 is 0 Å². The fraction of sp³-hybridized carbons (Fsp3) is 0.231. The van der Waals surface area contributed by atoms with Crippen molar-refractivity contribution in [2.24, 2.45) is 0 Å². The number of nitro groups is 1. The molecule has 0 aliphatic heterocycles. The number of carbonyl (C=O) groups is 1. The van der Waals surface area contributed by atoms with Crippen molar-refractivity contribution in [1.82, 2.24) is 9.97 Å². The van der Waals surface area contributed by atoms with Crippen molar-refractivity contribution in [2.45, 2.75) is 20.5 Å². The Labute approximate surface area is 114 Å². The smallest absolute Gasteiger partial charge is 0.374 e. The van der Waals surface area contributed by atoms with Crippen molar-refractivity contribution in [1.29, 1.82) is 0 Å². The molecule has 7 heteroatoms. The highest BCUT2D eigenvalue weighted by atomic mass is 16.6. The van der Waals surface area contributed by atoms with E-state index in [1.807, 2.05) is 6.92 Å². The van der Waals surface area contributed by atoms with E-state index in [-0.39, 0.29) is 18.1 Å². The number of ether oxygens (including phenoxy) is 1. The first-order valence-corrected chi connectivity index (χ1v) is 5.90. The molecule has 104 valence electrons. The maximum atomic E-state index is 11.6. The highest BCUT2D eigenvalue weighted by molar-refractivity contribution is 5.85. The summed E-state index contributed by atoms with van der Waals surface area (Å²) in [5, 5.41) is 11.0. The molecule has 1 aromatic heterocycles. The molecule has 0 bridgehead atoms. The van der Waals surface area contributed by atoms with Gasteiger partial charge in [-0.3, -0.25) is 10.1 Å². The van der Waals surface area contributed by atoms with Gasteiger partial charge in [-0.2, -0.15) is 0 Å². The average Bonchev–Trinajstić information content (AvgIpc) is 2.93. The maximum absolute atomic E-state index is 11.6. The molecule has 0 aliphatic carbocycles. The first-order valence-electron chi connectivity index (χ1n) is 5.90. The van der Waals surface area contributed by atoms with E-state index in [2.05, 4.69) is 9.97 Å². The first-order chi connectivity index (χ1) is 9.49. The zero-order valence-corrected chi connectivity index (χ0v) is 11.0. The van der Waals surface area contributed by atoms with Crippen molar-refractivity contribution >= 4 is 11.7 Å². The summed E-state index contributed by atoms with van der Waals surface area (Å²) in [6.07, 6.45) is 2.92. The number of esters is 1. The summed E-state index contributed by atoms with van der Waals surface area (Å²) < 4.78 is 5.02. The molecule has 0 radical (unpaired) electrons. The molecule has 0 fully saturated rings. The summed E-state index contributed by atoms with van der Waals surface area (Å²) in [6, 6.07) is 3.13. The number of nitrogens with one attached hydrogen (secondary N) is 1. The van der Waals surface area contributed by atoms with E-state index < -0.39 is 10.9 Å². The van der Waals surface area contributed by atoms with Gasteiger partial charge in [-0.1, -0.05) is 0 Å². The first kappa shape index (κ1) is 13.7. The van der Waals surface area contributed by atoms with Crippen LogP contribution in [0.3, 0.4) is 0 Å². The van der Waals surface area contributed by atoms with Crippen LogP contribution in [-0.2, 0) is 11.3 Å². The summed E-state index contributed by atoms with van der Waals surface area (Å²) in [4.78, 5) is 28.5. The molecule has 20 heavy (non-hydrogen) atoms. The predicted octanol–water partition coefficient (Wildman–Crippen LogP) is 2.29. The van der Waals surface area contributed by atoms with Crippen LogP contribution in [0.15, 0.2) is 24.5 Å². The lowest BCUT2D eigenvalue weighted by Gasteiger charge is -2.07. The second-order valence-electron chi connectivity index (χ2n) is 4.34. The highest BCUT2D eigenvalue weighted by Gasteiger charge is 2.18. The Morgan fingerprint density at radius 1 is 1.40 bits per heavy atom. The standard InChI is InChI=1S/C13H13N3O4/c1-8-5-10(11(16(18)19)6-9(8)2)7-20-13(17)12-14-3-4-15-12/h3-6H,7H2,1-2H3,(H,14,15). The van der Waals surface area contributed by atoms with E-state index in [9.17, 15) is 14.9 Å². The number of aromatic amines is 1. The molecular weight excluding hydrogens is 262 g/mol. The number of nitrogens with zero attached hydrogens (tertiary/aromatic N) is 2. The van der Waals surface area contributed by atoms with Crippen molar-refractivity contribution in [2.75, 3.05) is 0 Å². The normalized spacial score (nSPS) is 10.3. The molecule has 0 amide bonds. The van der Waals surface area contributed by atoms with Crippen molar-refractivity contribution in [3.63, 3.8) is 0 Å². The van der Waals surface area contributed by atoms with E-state index in [0.29, 0.717) is 5.56 Å². The van der Waals surface area contributed by atoms with Gasteiger partial charge in [0.05, 0.1) is 10.5 Å². The number of H-pyrrole nitrogens is 1. The lowest BCUT2D eigenvalue weighted by Crippen LogP contribution is -2.08. The van der Waals surface area contributed by atoms with Crippen LogP contribution in [0.4, 0.5) is 5.69 Å². The number of hydrogen-bond donors (Lipinski definition) is 1. The summed E-state index contributed by atoms with van der Waals surface area (Å²) in [7, 11) is 0. The molecular formula is C13H13N3O4. The number of aromatic nitrogens is 2. The molecule has 2 aromatic rings. The Kier molecular flexibility index (Phi) is 3.79. The second kappa shape index (κ2) is 5.52. The minimum atomic E-state index is -0.650. The van der Waals surface area contributed by atoms with Crippen molar-refractivity contribution in [3.8, 4) is 0 Å². The van der Waals surface area contributed by atoms with Crippen LogP contribution in [0.5, 0.6) is 0 Å². The monoisotopic (exact) mass is 275 g/mol. The molecule has 2 rings (SSSR count). The highest BCUT2D eigenvalue weighted by Crippen LogP contribution is 2.24. The van der Waals surface area contributed by atoms with Gasteiger partial charge in [0.1, 0.15) is 6.61 Å². The fourth-order valence-corrected chi connectivity index (χ4v) is 1.73. The Morgan fingerprint density at radius 2 is 2.10 bits per heavy atom. The minimum Gasteiger partial charge on any atom is -0.455 e. The van der Waals surface area contributed by atoms with Crippen LogP contribution in [0.1, 0.15) is 27.3 Å². The third kappa shape index (κ3) is 2.82. The zero-order chi connectivity index (χ0) is 14.7. The third-order valence-corrected chi connectivity index (χ3v) is 2.94. The Balaban J connectivity index is 2.19. The number of rotatable bonds is 4. The number of hydrogen-bond acceptors (Lipinski definition) is 5. The predicted molar refractivity (Wildman–Crippen MR) is 70.3 cm³/mol. The number of benzene rings is 1. The summed E-state index contributed by atoms with van der Waals surface area (Å²) in [5.41, 5.74) is 2.02. The van der Waals surface area contributed by atoms with Crippen LogP contribution in [0, 0.1) is 24.0 Å². The second-order valence-corrected chi connectivity index (χ2v) is 4.34. The van der Waals surface area contributed by atoms with Crippen molar-refractivity contribution in [3.05, 3.63) is 57.2 Å². The summed E-state index contributed by atoms with van der Waals surface area (Å²) in [6.45, 7) is 3.47. The van der Waals surface area contributed by atoms with E-state index in [1.54, 1.807) is 13.0 Å². The van der Waals surface area contributed by atoms with E-state index in [1.165, 1.54) is 18.5 Å². The molecule has 0 unspecified atom stereocenters. The maximum Gasteiger partial charge on any atom is 0.374 e. The van der Waals surface area contributed by atoms with Gasteiger partial charge >= 0.3 is 5.97 Å². The molecule has 0 aliphatic rings. The molecule has 1 N–H and O–H groups in total. The van der Waals surface area contributed by atoms with E-state index in [0.717, 1.165) is 11.1 Å². The van der Waals surface area contributed by atoms with Crippen LogP contribution < -0.4 is 0 Å². The van der Waals surface area contributed by atoms with Gasteiger partial charge < -0.3 is 9.72 Å². The van der Waals surface area contributed by atoms with Gasteiger partial charge in [0, 0.05) is 18.5 Å². The average molecular weight is 275 g/mol. The molecule has 1 aromatic carbocycles. The van der Waals surface area contributed by atoms with Gasteiger partial charge in [-0.15, -0.1) is 0 Å². The van der Waals surface area contributed by atoms with Gasteiger partial charge in [-0.25, -0.2) is 9.78 Å². The largest absolute Gasteiger partial charge is 0.455 e. The van der Waals surface area contributed by atoms with E-state index in [4.69, 9.17) is 4.74 Å². The molecule has 0 saturated heterocycles. The Hall–Kier alpha value is -2.70. The quantitative estimate of drug-likeness (QED) is 0.524. The molecule has 0 atom stereocenters. The fourth-order valence-electron chi connectivity index (χ4n) is 1.73. The SMILES string of the molecule is Cc1cc(COC(=O)c2ncc[nH]2)c([N+](=O)[O-])cc1C. The topological polar surface area (TPSA) is 98.1 Å². The molecule has 0 spiro atoms. The van der Waals surface area contributed by atoms with Crippen LogP contribution in [-0.4, -0.2) is 20.9 Å². The summed E-state index contributed by atoms with van der Waals surface area (Å²) >= 11 is 0. The molecule has 7 nitrogen and oxygen atoms in total. The Bertz CT molecular complexity index is 650.